The van der Waals surface area contributed by atoms with Crippen LogP contribution in [0.15, 0.2) is 85.1 Å². The number of carbonyl (C=O) groups is 2. The Morgan fingerprint density at radius 1 is 0.542 bits per heavy atom. The summed E-state index contributed by atoms with van der Waals surface area (Å²) in [5.74, 6) is -0.837. The molecule has 9 nitrogen and oxygen atoms in total. The van der Waals surface area contributed by atoms with Gasteiger partial charge in [0.1, 0.15) is 19.8 Å². The maximum Gasteiger partial charge on any atom is 0.472 e. The molecule has 0 fully saturated rings. The van der Waals surface area contributed by atoms with E-state index >= 15 is 0 Å². The van der Waals surface area contributed by atoms with Crippen LogP contribution in [0.25, 0.3) is 0 Å². The Balaban J connectivity index is 4.31. The molecule has 1 N–H and O–H groups in total. The minimum absolute atomic E-state index is 0.0218. The summed E-state index contributed by atoms with van der Waals surface area (Å²) in [7, 11) is 1.44. The van der Waals surface area contributed by atoms with Gasteiger partial charge in [-0.3, -0.25) is 18.6 Å². The summed E-state index contributed by atoms with van der Waals surface area (Å²) in [5, 5.41) is 0. The smallest absolute Gasteiger partial charge is 0.462 e. The van der Waals surface area contributed by atoms with Crippen LogP contribution in [0.4, 0.5) is 0 Å². The fraction of sp³-hybridized carbons (Fsp3) is 0.673. The molecule has 0 bridgehead atoms. The molecule has 0 aliphatic heterocycles. The number of carbonyl (C=O) groups excluding carboxylic acids is 2. The van der Waals surface area contributed by atoms with Gasteiger partial charge in [-0.2, -0.15) is 0 Å². The van der Waals surface area contributed by atoms with E-state index in [4.69, 9.17) is 18.5 Å². The third-order valence-corrected chi connectivity index (χ3v) is 10.2. The molecule has 0 aromatic carbocycles. The normalized spacial score (nSPS) is 14.3. The molecule has 0 heterocycles. The minimum Gasteiger partial charge on any atom is -0.462 e. The molecule has 0 amide bonds. The molecule has 0 aliphatic rings. The zero-order chi connectivity index (χ0) is 43.6. The van der Waals surface area contributed by atoms with Gasteiger partial charge in [0, 0.05) is 12.8 Å². The minimum atomic E-state index is -4.39. The Hall–Kier alpha value is -2.81. The fourth-order valence-electron chi connectivity index (χ4n) is 5.71. The summed E-state index contributed by atoms with van der Waals surface area (Å²) in [4.78, 5) is 35.4. The number of likely N-dealkylation sites (N-methyl/N-ethyl adjacent to an activating group) is 1. The standard InChI is InChI=1S/C49H84NO8P/c1-6-8-10-12-14-16-18-20-21-22-23-24-25-26-27-28-30-31-33-35-37-39-41-48(51)55-45-47(46-57-59(53,54)56-44-43-50(3,4)5)58-49(52)42-40-38-36-34-32-29-19-17-15-13-11-9-7-2/h8-11,13-17,19-21,23-24,47H,6-7,12,18,22,25-46H2,1-5H3/p+1/b10-8+,11-9+,15-13+,16-14+,19-17+,21-20+,24-23+. The molecule has 2 unspecified atom stereocenters. The van der Waals surface area contributed by atoms with Crippen LogP contribution >= 0.6 is 7.82 Å². The van der Waals surface area contributed by atoms with Crippen molar-refractivity contribution in [2.75, 3.05) is 47.5 Å². The quantitative estimate of drug-likeness (QED) is 0.0162. The molecule has 59 heavy (non-hydrogen) atoms. The molecular weight excluding hydrogens is 762 g/mol. The van der Waals surface area contributed by atoms with Crippen molar-refractivity contribution in [3.05, 3.63) is 85.1 Å². The summed E-state index contributed by atoms with van der Waals surface area (Å²) in [6, 6.07) is 0. The number of phosphoric acid groups is 1. The lowest BCUT2D eigenvalue weighted by Crippen LogP contribution is -2.37. The van der Waals surface area contributed by atoms with Crippen LogP contribution in [0.2, 0.25) is 0 Å². The summed E-state index contributed by atoms with van der Waals surface area (Å²) >= 11 is 0. The maximum atomic E-state index is 12.7. The Kier molecular flexibility index (Phi) is 38.7. The molecule has 0 aliphatic carbocycles. The van der Waals surface area contributed by atoms with Crippen LogP contribution in [0.3, 0.4) is 0 Å². The Morgan fingerprint density at radius 3 is 1.54 bits per heavy atom. The summed E-state index contributed by atoms with van der Waals surface area (Å²) in [6.45, 7) is 4.13. The summed E-state index contributed by atoms with van der Waals surface area (Å²) < 4.78 is 34.3. The van der Waals surface area contributed by atoms with E-state index in [-0.39, 0.29) is 32.0 Å². The van der Waals surface area contributed by atoms with Crippen LogP contribution in [0.1, 0.15) is 162 Å². The Bertz CT molecular complexity index is 1280. The van der Waals surface area contributed by atoms with Crippen LogP contribution in [-0.2, 0) is 32.7 Å². The first-order chi connectivity index (χ1) is 28.5. The summed E-state index contributed by atoms with van der Waals surface area (Å²) in [6.07, 6.45) is 52.1. The fourth-order valence-corrected chi connectivity index (χ4v) is 6.45. The van der Waals surface area contributed by atoms with Crippen molar-refractivity contribution in [1.82, 2.24) is 0 Å². The van der Waals surface area contributed by atoms with Crippen molar-refractivity contribution < 1.29 is 42.1 Å². The van der Waals surface area contributed by atoms with E-state index in [1.165, 1.54) is 32.1 Å². The van der Waals surface area contributed by atoms with Gasteiger partial charge in [-0.25, -0.2) is 4.57 Å². The van der Waals surface area contributed by atoms with Crippen LogP contribution < -0.4 is 0 Å². The van der Waals surface area contributed by atoms with Gasteiger partial charge < -0.3 is 18.9 Å². The second-order valence-electron chi connectivity index (χ2n) is 16.1. The third kappa shape index (κ3) is 44.6. The molecule has 338 valence electrons. The third-order valence-electron chi connectivity index (χ3n) is 9.23. The molecule has 0 saturated carbocycles. The lowest BCUT2D eigenvalue weighted by Gasteiger charge is -2.24. The average Bonchev–Trinajstić information content (AvgIpc) is 3.19. The van der Waals surface area contributed by atoms with Gasteiger partial charge >= 0.3 is 19.8 Å². The number of esters is 2. The second-order valence-corrected chi connectivity index (χ2v) is 17.5. The van der Waals surface area contributed by atoms with Gasteiger partial charge in [0.05, 0.1) is 27.7 Å². The first kappa shape index (κ1) is 56.2. The highest BCUT2D eigenvalue weighted by Crippen LogP contribution is 2.43. The zero-order valence-electron chi connectivity index (χ0n) is 38.0. The molecule has 0 saturated heterocycles. The highest BCUT2D eigenvalue weighted by molar-refractivity contribution is 7.47. The van der Waals surface area contributed by atoms with Gasteiger partial charge in [0.15, 0.2) is 6.10 Å². The van der Waals surface area contributed by atoms with Gasteiger partial charge in [-0.15, -0.1) is 0 Å². The molecule has 0 radical (unpaired) electrons. The van der Waals surface area contributed by atoms with E-state index in [1.54, 1.807) is 0 Å². The number of hydrogen-bond donors (Lipinski definition) is 1. The van der Waals surface area contributed by atoms with E-state index in [0.29, 0.717) is 17.4 Å². The van der Waals surface area contributed by atoms with E-state index in [2.05, 4.69) is 80.7 Å². The lowest BCUT2D eigenvalue weighted by atomic mass is 10.1. The highest BCUT2D eigenvalue weighted by atomic mass is 31.2. The summed E-state index contributed by atoms with van der Waals surface area (Å²) in [5.41, 5.74) is 0. The number of rotatable bonds is 40. The Morgan fingerprint density at radius 2 is 1.00 bits per heavy atom. The van der Waals surface area contributed by atoms with Gasteiger partial charge in [0.2, 0.25) is 0 Å². The van der Waals surface area contributed by atoms with Crippen molar-refractivity contribution in [3.8, 4) is 0 Å². The SMILES string of the molecule is CC/C=C/C=C/C=C/CCCCCCCC(=O)OC(COC(=O)CCCCCCCCCCC/C=C/C/C=C/C/C=C/C/C=C/CC)COP(=O)(O)OCC[N+](C)(C)C. The van der Waals surface area contributed by atoms with Crippen LogP contribution in [0, 0.1) is 0 Å². The number of ether oxygens (including phenoxy) is 2. The van der Waals surface area contributed by atoms with Crippen molar-refractivity contribution >= 4 is 19.8 Å². The van der Waals surface area contributed by atoms with Crippen LogP contribution in [-0.4, -0.2) is 74.9 Å². The van der Waals surface area contributed by atoms with Crippen molar-refractivity contribution in [3.63, 3.8) is 0 Å². The number of phosphoric ester groups is 1. The lowest BCUT2D eigenvalue weighted by molar-refractivity contribution is -0.870. The highest BCUT2D eigenvalue weighted by Gasteiger charge is 2.27. The number of hydrogen-bond acceptors (Lipinski definition) is 7. The monoisotopic (exact) mass is 847 g/mol. The molecule has 10 heteroatoms. The topological polar surface area (TPSA) is 108 Å². The van der Waals surface area contributed by atoms with Crippen molar-refractivity contribution in [2.24, 2.45) is 0 Å². The maximum absolute atomic E-state index is 12.7. The van der Waals surface area contributed by atoms with Crippen LogP contribution in [0.5, 0.6) is 0 Å². The molecule has 2 atom stereocenters. The van der Waals surface area contributed by atoms with Gasteiger partial charge in [0.25, 0.3) is 0 Å². The first-order valence-electron chi connectivity index (χ1n) is 22.8. The van der Waals surface area contributed by atoms with E-state index in [9.17, 15) is 19.0 Å². The van der Waals surface area contributed by atoms with E-state index in [0.717, 1.165) is 96.3 Å². The molecule has 0 aromatic heterocycles. The largest absolute Gasteiger partial charge is 0.472 e. The van der Waals surface area contributed by atoms with Gasteiger partial charge in [-0.05, 0) is 70.6 Å². The molecule has 0 spiro atoms. The average molecular weight is 847 g/mol. The second kappa shape index (κ2) is 40.6. The number of unbranched alkanes of at least 4 members (excludes halogenated alkanes) is 14. The van der Waals surface area contributed by atoms with Gasteiger partial charge in [-0.1, -0.05) is 163 Å². The van der Waals surface area contributed by atoms with E-state index in [1.807, 2.05) is 39.4 Å². The number of quaternary nitrogens is 1. The zero-order valence-corrected chi connectivity index (χ0v) is 38.8. The molecule has 0 aromatic rings. The molecular formula is C49H85NO8P+. The predicted molar refractivity (Wildman–Crippen MR) is 247 cm³/mol. The first-order valence-corrected chi connectivity index (χ1v) is 24.3. The number of nitrogens with zero attached hydrogens (tertiary/aromatic N) is 1. The Labute approximate surface area is 361 Å². The molecule has 0 rings (SSSR count). The van der Waals surface area contributed by atoms with Crippen molar-refractivity contribution in [2.45, 2.75) is 168 Å². The van der Waals surface area contributed by atoms with Crippen molar-refractivity contribution in [1.29, 1.82) is 0 Å². The van der Waals surface area contributed by atoms with E-state index < -0.39 is 26.5 Å². The number of allylic oxidation sites excluding steroid dienone is 14. The predicted octanol–water partition coefficient (Wildman–Crippen LogP) is 13.2.